The maximum absolute atomic E-state index is 13.6. The zero-order valence-electron chi connectivity index (χ0n) is 12.8. The van der Waals surface area contributed by atoms with Gasteiger partial charge in [-0.1, -0.05) is 13.0 Å². The number of hydrogen-bond donors (Lipinski definition) is 1. The Morgan fingerprint density at radius 1 is 1.32 bits per heavy atom. The lowest BCUT2D eigenvalue weighted by Gasteiger charge is -2.32. The first-order valence-corrected chi connectivity index (χ1v) is 7.52. The Balaban J connectivity index is 0.00000242. The minimum Gasteiger partial charge on any atom is -0.342 e. The number of amides is 1. The van der Waals surface area contributed by atoms with Crippen molar-refractivity contribution in [1.29, 1.82) is 0 Å². The van der Waals surface area contributed by atoms with E-state index in [1.54, 1.807) is 4.90 Å². The van der Waals surface area contributed by atoms with E-state index >= 15 is 0 Å². The van der Waals surface area contributed by atoms with E-state index in [0.29, 0.717) is 5.92 Å². The molecule has 1 aromatic rings. The third kappa shape index (κ3) is 5.21. The van der Waals surface area contributed by atoms with Crippen molar-refractivity contribution < 1.29 is 13.6 Å². The minimum atomic E-state index is -0.648. The molecule has 1 N–H and O–H groups in total. The molecule has 1 fully saturated rings. The van der Waals surface area contributed by atoms with Gasteiger partial charge in [0, 0.05) is 19.2 Å². The quantitative estimate of drug-likeness (QED) is 0.899. The lowest BCUT2D eigenvalue weighted by molar-refractivity contribution is -0.131. The summed E-state index contributed by atoms with van der Waals surface area (Å²) < 4.78 is 26.4. The van der Waals surface area contributed by atoms with Gasteiger partial charge in [-0.2, -0.15) is 0 Å². The normalized spacial score (nSPS) is 15.5. The third-order valence-corrected chi connectivity index (χ3v) is 4.01. The maximum atomic E-state index is 13.6. The molecule has 0 saturated carbocycles. The predicted molar refractivity (Wildman–Crippen MR) is 85.2 cm³/mol. The van der Waals surface area contributed by atoms with Crippen molar-refractivity contribution in [3.05, 3.63) is 35.4 Å². The second-order valence-corrected chi connectivity index (χ2v) is 5.54. The molecule has 0 spiro atoms. The largest absolute Gasteiger partial charge is 0.342 e. The standard InChI is InChI=1S/C16H22F2N2O.ClH/c1-2-19-11-12-5-7-20(8-6-12)16(21)9-13-3-4-14(17)10-15(13)18;/h3-4,10,12,19H,2,5-9,11H2,1H3;1H. The molecule has 6 heteroatoms. The van der Waals surface area contributed by atoms with Crippen LogP contribution in [-0.2, 0) is 11.2 Å². The van der Waals surface area contributed by atoms with E-state index < -0.39 is 11.6 Å². The van der Waals surface area contributed by atoms with Gasteiger partial charge in [0.2, 0.25) is 5.91 Å². The minimum absolute atomic E-state index is 0. The van der Waals surface area contributed by atoms with Crippen LogP contribution in [0.4, 0.5) is 8.78 Å². The molecule has 0 atom stereocenters. The maximum Gasteiger partial charge on any atom is 0.227 e. The molecule has 0 aliphatic carbocycles. The van der Waals surface area contributed by atoms with Crippen LogP contribution in [0.25, 0.3) is 0 Å². The van der Waals surface area contributed by atoms with Crippen LogP contribution in [0.2, 0.25) is 0 Å². The van der Waals surface area contributed by atoms with Gasteiger partial charge in [0.15, 0.2) is 0 Å². The van der Waals surface area contributed by atoms with Crippen LogP contribution < -0.4 is 5.32 Å². The summed E-state index contributed by atoms with van der Waals surface area (Å²) in [4.78, 5) is 14.0. The number of benzene rings is 1. The summed E-state index contributed by atoms with van der Waals surface area (Å²) in [5.41, 5.74) is 0.260. The van der Waals surface area contributed by atoms with Gasteiger partial charge in [-0.3, -0.25) is 4.79 Å². The first kappa shape index (κ1) is 18.8. The van der Waals surface area contributed by atoms with Crippen molar-refractivity contribution >= 4 is 18.3 Å². The van der Waals surface area contributed by atoms with Crippen molar-refractivity contribution in [2.45, 2.75) is 26.2 Å². The monoisotopic (exact) mass is 332 g/mol. The van der Waals surface area contributed by atoms with Crippen molar-refractivity contribution in [2.75, 3.05) is 26.2 Å². The first-order chi connectivity index (χ1) is 10.1. The van der Waals surface area contributed by atoms with Gasteiger partial charge < -0.3 is 10.2 Å². The number of nitrogens with zero attached hydrogens (tertiary/aromatic N) is 1. The molecule has 22 heavy (non-hydrogen) atoms. The fourth-order valence-corrected chi connectivity index (χ4v) is 2.67. The average Bonchev–Trinajstić information content (AvgIpc) is 2.48. The summed E-state index contributed by atoms with van der Waals surface area (Å²) in [6.45, 7) is 5.47. The van der Waals surface area contributed by atoms with Crippen LogP contribution in [-0.4, -0.2) is 37.0 Å². The number of piperidine rings is 1. The Labute approximate surface area is 136 Å². The molecular formula is C16H23ClF2N2O. The number of hydrogen-bond acceptors (Lipinski definition) is 2. The van der Waals surface area contributed by atoms with Gasteiger partial charge in [0.1, 0.15) is 11.6 Å². The highest BCUT2D eigenvalue weighted by atomic mass is 35.5. The molecule has 124 valence electrons. The van der Waals surface area contributed by atoms with Gasteiger partial charge in [-0.15, -0.1) is 12.4 Å². The highest BCUT2D eigenvalue weighted by Gasteiger charge is 2.23. The van der Waals surface area contributed by atoms with Crippen molar-refractivity contribution in [1.82, 2.24) is 10.2 Å². The SMILES string of the molecule is CCNCC1CCN(C(=O)Cc2ccc(F)cc2F)CC1.Cl. The van der Waals surface area contributed by atoms with Gasteiger partial charge >= 0.3 is 0 Å². The fraction of sp³-hybridized carbons (Fsp3) is 0.562. The van der Waals surface area contributed by atoms with E-state index in [4.69, 9.17) is 0 Å². The van der Waals surface area contributed by atoms with E-state index in [-0.39, 0.29) is 30.3 Å². The van der Waals surface area contributed by atoms with Gasteiger partial charge in [-0.25, -0.2) is 8.78 Å². The highest BCUT2D eigenvalue weighted by molar-refractivity contribution is 5.85. The molecule has 1 saturated heterocycles. The second kappa shape index (κ2) is 9.06. The van der Waals surface area contributed by atoms with Crippen molar-refractivity contribution in [3.8, 4) is 0 Å². The Hall–Kier alpha value is -1.20. The van der Waals surface area contributed by atoms with Crippen LogP contribution >= 0.6 is 12.4 Å². The average molecular weight is 333 g/mol. The summed E-state index contributed by atoms with van der Waals surface area (Å²) in [5, 5.41) is 3.33. The molecular weight excluding hydrogens is 310 g/mol. The molecule has 1 amide bonds. The van der Waals surface area contributed by atoms with Gasteiger partial charge in [0.05, 0.1) is 6.42 Å². The topological polar surface area (TPSA) is 32.3 Å². The Kier molecular flexibility index (Phi) is 7.76. The molecule has 0 aromatic heterocycles. The molecule has 1 aliphatic heterocycles. The van der Waals surface area contributed by atoms with Crippen LogP contribution in [0.5, 0.6) is 0 Å². The van der Waals surface area contributed by atoms with Crippen LogP contribution in [0, 0.1) is 17.6 Å². The van der Waals surface area contributed by atoms with E-state index in [0.717, 1.165) is 45.1 Å². The lowest BCUT2D eigenvalue weighted by atomic mass is 9.96. The Morgan fingerprint density at radius 3 is 2.59 bits per heavy atom. The summed E-state index contributed by atoms with van der Waals surface area (Å²) in [6.07, 6.45) is 1.96. The van der Waals surface area contributed by atoms with E-state index in [1.807, 2.05) is 0 Å². The van der Waals surface area contributed by atoms with Crippen LogP contribution in [0.3, 0.4) is 0 Å². The number of likely N-dealkylation sites (tertiary alicyclic amines) is 1. The summed E-state index contributed by atoms with van der Waals surface area (Å²) in [6, 6.07) is 3.36. The van der Waals surface area contributed by atoms with Gasteiger partial charge in [-0.05, 0) is 43.5 Å². The highest BCUT2D eigenvalue weighted by Crippen LogP contribution is 2.18. The molecule has 1 aliphatic rings. The summed E-state index contributed by atoms with van der Waals surface area (Å²) in [7, 11) is 0. The zero-order chi connectivity index (χ0) is 15.2. The fourth-order valence-electron chi connectivity index (χ4n) is 2.67. The number of carbonyl (C=O) groups excluding carboxylic acids is 1. The van der Waals surface area contributed by atoms with E-state index in [1.165, 1.54) is 12.1 Å². The van der Waals surface area contributed by atoms with Gasteiger partial charge in [0.25, 0.3) is 0 Å². The first-order valence-electron chi connectivity index (χ1n) is 7.52. The van der Waals surface area contributed by atoms with Crippen LogP contribution in [0.15, 0.2) is 18.2 Å². The number of halogens is 3. The van der Waals surface area contributed by atoms with Crippen LogP contribution in [0.1, 0.15) is 25.3 Å². The zero-order valence-corrected chi connectivity index (χ0v) is 13.6. The molecule has 1 aromatic carbocycles. The number of carbonyl (C=O) groups is 1. The Bertz CT molecular complexity index is 491. The Morgan fingerprint density at radius 2 is 2.00 bits per heavy atom. The summed E-state index contributed by atoms with van der Waals surface area (Å²) in [5.74, 6) is -0.739. The second-order valence-electron chi connectivity index (χ2n) is 5.54. The number of rotatable bonds is 5. The molecule has 2 rings (SSSR count). The molecule has 3 nitrogen and oxygen atoms in total. The predicted octanol–water partition coefficient (Wildman–Crippen LogP) is 2.78. The molecule has 1 heterocycles. The van der Waals surface area contributed by atoms with Crippen molar-refractivity contribution in [3.63, 3.8) is 0 Å². The molecule has 0 unspecified atom stereocenters. The van der Waals surface area contributed by atoms with E-state index in [9.17, 15) is 13.6 Å². The smallest absolute Gasteiger partial charge is 0.227 e. The number of nitrogens with one attached hydrogen (secondary N) is 1. The summed E-state index contributed by atoms with van der Waals surface area (Å²) >= 11 is 0. The molecule has 0 radical (unpaired) electrons. The molecule has 0 bridgehead atoms. The lowest BCUT2D eigenvalue weighted by Crippen LogP contribution is -2.41. The van der Waals surface area contributed by atoms with E-state index in [2.05, 4.69) is 12.2 Å². The third-order valence-electron chi connectivity index (χ3n) is 4.01. The van der Waals surface area contributed by atoms with Crippen molar-refractivity contribution in [2.24, 2.45) is 5.92 Å².